The molecule has 0 saturated carbocycles. The molecule has 0 bridgehead atoms. The van der Waals surface area contributed by atoms with Crippen LogP contribution in [0.3, 0.4) is 0 Å². The maximum atomic E-state index is 13.1. The number of alkyl halides is 1. The average molecular weight is 598 g/mol. The second kappa shape index (κ2) is 13.1. The van der Waals surface area contributed by atoms with Crippen molar-refractivity contribution in [3.8, 4) is 11.5 Å². The van der Waals surface area contributed by atoms with Gasteiger partial charge in [-0.05, 0) is 55.0 Å². The van der Waals surface area contributed by atoms with E-state index in [4.69, 9.17) is 28.4 Å². The van der Waals surface area contributed by atoms with Crippen LogP contribution in [0.2, 0.25) is 0 Å². The van der Waals surface area contributed by atoms with E-state index in [-0.39, 0.29) is 0 Å². The fourth-order valence-electron chi connectivity index (χ4n) is 3.81. The van der Waals surface area contributed by atoms with Crippen molar-refractivity contribution in [3.05, 3.63) is 59.7 Å². The first kappa shape index (κ1) is 27.2. The molecule has 0 amide bonds. The summed E-state index contributed by atoms with van der Waals surface area (Å²) in [7, 11) is 4.65. The molecular weight excluding hydrogens is 567 g/mol. The van der Waals surface area contributed by atoms with E-state index in [0.717, 1.165) is 12.8 Å². The molecule has 5 atom stereocenters. The summed E-state index contributed by atoms with van der Waals surface area (Å²) in [6.45, 7) is 2.07. The van der Waals surface area contributed by atoms with Crippen molar-refractivity contribution < 1.29 is 38.0 Å². The lowest BCUT2D eigenvalue weighted by Crippen LogP contribution is -2.58. The van der Waals surface area contributed by atoms with E-state index in [1.165, 1.54) is 0 Å². The van der Waals surface area contributed by atoms with Gasteiger partial charge in [0, 0.05) is 7.11 Å². The standard InChI is InChI=1S/C26H31IO8/c1-5-6-7-20-22(34-24(28)16-8-12-18(30-2)13-9-16)23(21(27)26(32-4)33-20)35-25(29)17-10-14-19(31-3)15-11-17/h8-15,20-23,26H,5-7H2,1-4H3/t20-,21+,22-,23+,26+/m1/s1. The van der Waals surface area contributed by atoms with E-state index in [2.05, 4.69) is 29.5 Å². The molecule has 0 N–H and O–H groups in total. The van der Waals surface area contributed by atoms with Gasteiger partial charge in [-0.25, -0.2) is 9.59 Å². The second-order valence-electron chi connectivity index (χ2n) is 8.06. The normalized spacial score (nSPS) is 23.9. The van der Waals surface area contributed by atoms with E-state index in [1.807, 2.05) is 0 Å². The van der Waals surface area contributed by atoms with Gasteiger partial charge in [-0.15, -0.1) is 0 Å². The first-order valence-corrected chi connectivity index (χ1v) is 12.7. The van der Waals surface area contributed by atoms with Crippen LogP contribution in [0.4, 0.5) is 0 Å². The lowest BCUT2D eigenvalue weighted by atomic mass is 9.96. The smallest absolute Gasteiger partial charge is 0.338 e. The van der Waals surface area contributed by atoms with Crippen molar-refractivity contribution >= 4 is 34.5 Å². The molecule has 0 spiro atoms. The van der Waals surface area contributed by atoms with Crippen LogP contribution < -0.4 is 9.47 Å². The van der Waals surface area contributed by atoms with Gasteiger partial charge in [-0.3, -0.25) is 0 Å². The van der Waals surface area contributed by atoms with Crippen molar-refractivity contribution in [2.45, 2.75) is 54.7 Å². The predicted molar refractivity (Wildman–Crippen MR) is 137 cm³/mol. The van der Waals surface area contributed by atoms with Gasteiger partial charge >= 0.3 is 11.9 Å². The number of methoxy groups -OCH3 is 3. The molecule has 1 heterocycles. The Labute approximate surface area is 219 Å². The molecule has 1 saturated heterocycles. The Bertz CT molecular complexity index is 962. The van der Waals surface area contributed by atoms with Gasteiger partial charge in [-0.2, -0.15) is 0 Å². The topological polar surface area (TPSA) is 89.5 Å². The molecule has 35 heavy (non-hydrogen) atoms. The zero-order valence-corrected chi connectivity index (χ0v) is 22.4. The van der Waals surface area contributed by atoms with Crippen LogP contribution in [0.1, 0.15) is 46.9 Å². The quantitative estimate of drug-likeness (QED) is 0.219. The average Bonchev–Trinajstić information content (AvgIpc) is 2.90. The van der Waals surface area contributed by atoms with Crippen molar-refractivity contribution in [3.63, 3.8) is 0 Å². The summed E-state index contributed by atoms with van der Waals surface area (Å²) in [5.41, 5.74) is 0.722. The van der Waals surface area contributed by atoms with Crippen molar-refractivity contribution in [1.29, 1.82) is 0 Å². The summed E-state index contributed by atoms with van der Waals surface area (Å²) in [4.78, 5) is 26.1. The highest BCUT2D eigenvalue weighted by molar-refractivity contribution is 14.1. The van der Waals surface area contributed by atoms with E-state index >= 15 is 0 Å². The maximum absolute atomic E-state index is 13.1. The third kappa shape index (κ3) is 6.86. The summed E-state index contributed by atoms with van der Waals surface area (Å²) in [5.74, 6) is 0.193. The minimum Gasteiger partial charge on any atom is -0.497 e. The van der Waals surface area contributed by atoms with Gasteiger partial charge in [0.15, 0.2) is 18.5 Å². The van der Waals surface area contributed by atoms with Crippen LogP contribution in [-0.4, -0.2) is 61.8 Å². The van der Waals surface area contributed by atoms with E-state index in [9.17, 15) is 9.59 Å². The number of esters is 2. The van der Waals surface area contributed by atoms with Crippen LogP contribution in [0.25, 0.3) is 0 Å². The molecule has 1 aliphatic heterocycles. The molecule has 0 unspecified atom stereocenters. The Hall–Kier alpha value is -2.37. The molecule has 2 aromatic rings. The number of hydrogen-bond acceptors (Lipinski definition) is 8. The summed E-state index contributed by atoms with van der Waals surface area (Å²) >= 11 is 2.12. The zero-order valence-electron chi connectivity index (χ0n) is 20.3. The largest absolute Gasteiger partial charge is 0.497 e. The predicted octanol–water partition coefficient (Wildman–Crippen LogP) is 4.82. The number of unbranched alkanes of at least 4 members (excludes halogenated alkanes) is 1. The monoisotopic (exact) mass is 598 g/mol. The van der Waals surface area contributed by atoms with Crippen molar-refractivity contribution in [2.75, 3.05) is 21.3 Å². The molecule has 2 aromatic carbocycles. The number of benzene rings is 2. The Kier molecular flexibility index (Phi) is 10.2. The molecule has 8 nitrogen and oxygen atoms in total. The van der Waals surface area contributed by atoms with Crippen molar-refractivity contribution in [1.82, 2.24) is 0 Å². The Balaban J connectivity index is 1.87. The van der Waals surface area contributed by atoms with Crippen LogP contribution in [-0.2, 0) is 18.9 Å². The zero-order chi connectivity index (χ0) is 25.4. The summed E-state index contributed by atoms with van der Waals surface area (Å²) in [5, 5.41) is 0. The van der Waals surface area contributed by atoms with E-state index < -0.39 is 40.5 Å². The second-order valence-corrected chi connectivity index (χ2v) is 9.50. The van der Waals surface area contributed by atoms with Gasteiger partial charge in [0.2, 0.25) is 0 Å². The molecule has 0 aromatic heterocycles. The Morgan fingerprint density at radius 1 is 0.829 bits per heavy atom. The molecule has 1 aliphatic rings. The van der Waals surface area contributed by atoms with Gasteiger partial charge < -0.3 is 28.4 Å². The van der Waals surface area contributed by atoms with Gasteiger partial charge in [0.1, 0.15) is 21.5 Å². The number of carbonyl (C=O) groups is 2. The third-order valence-electron chi connectivity index (χ3n) is 5.79. The SMILES string of the molecule is CCCC[C@H]1O[C@H](OC)[C@@H](I)[C@H](OC(=O)c2ccc(OC)cc2)[C@@H]1OC(=O)c1ccc(OC)cc1. The van der Waals surface area contributed by atoms with Crippen LogP contribution in [0, 0.1) is 0 Å². The molecule has 0 aliphatic carbocycles. The number of ether oxygens (including phenoxy) is 6. The van der Waals surface area contributed by atoms with Crippen molar-refractivity contribution in [2.24, 2.45) is 0 Å². The van der Waals surface area contributed by atoms with Gasteiger partial charge in [0.05, 0.1) is 25.3 Å². The van der Waals surface area contributed by atoms with Crippen LogP contribution in [0.5, 0.6) is 11.5 Å². The molecular formula is C26H31IO8. The molecule has 0 radical (unpaired) electrons. The lowest BCUT2D eigenvalue weighted by molar-refractivity contribution is -0.235. The minimum atomic E-state index is -0.813. The summed E-state index contributed by atoms with van der Waals surface area (Å²) in [6.07, 6.45) is -0.316. The highest BCUT2D eigenvalue weighted by Crippen LogP contribution is 2.34. The fourth-order valence-corrected chi connectivity index (χ4v) is 4.83. The molecule has 9 heteroatoms. The first-order chi connectivity index (χ1) is 16.9. The maximum Gasteiger partial charge on any atom is 0.338 e. The van der Waals surface area contributed by atoms with E-state index in [0.29, 0.717) is 29.0 Å². The lowest BCUT2D eigenvalue weighted by Gasteiger charge is -2.43. The number of hydrogen-bond donors (Lipinski definition) is 0. The number of carbonyl (C=O) groups excluding carboxylic acids is 2. The highest BCUT2D eigenvalue weighted by Gasteiger charge is 2.49. The summed E-state index contributed by atoms with van der Waals surface area (Å²) in [6, 6.07) is 13.3. The minimum absolute atomic E-state index is 0.360. The van der Waals surface area contributed by atoms with Gasteiger partial charge in [0.25, 0.3) is 0 Å². The fraction of sp³-hybridized carbons (Fsp3) is 0.462. The molecule has 190 valence electrons. The Morgan fingerprint density at radius 2 is 1.31 bits per heavy atom. The number of halogens is 1. The third-order valence-corrected chi connectivity index (χ3v) is 7.08. The summed E-state index contributed by atoms with van der Waals surface area (Å²) < 4.78 is 33.5. The number of rotatable bonds is 10. The van der Waals surface area contributed by atoms with Gasteiger partial charge in [-0.1, -0.05) is 42.4 Å². The van der Waals surface area contributed by atoms with Crippen LogP contribution >= 0.6 is 22.6 Å². The van der Waals surface area contributed by atoms with Crippen LogP contribution in [0.15, 0.2) is 48.5 Å². The highest BCUT2D eigenvalue weighted by atomic mass is 127. The first-order valence-electron chi connectivity index (χ1n) is 11.4. The molecule has 3 rings (SSSR count). The molecule has 1 fully saturated rings. The Morgan fingerprint density at radius 3 is 1.74 bits per heavy atom. The van der Waals surface area contributed by atoms with E-state index in [1.54, 1.807) is 69.9 Å².